The molecule has 0 aromatic heterocycles. The molecule has 1 saturated heterocycles. The highest BCUT2D eigenvalue weighted by Crippen LogP contribution is 2.11. The summed E-state index contributed by atoms with van der Waals surface area (Å²) in [5, 5.41) is 0. The van der Waals surface area contributed by atoms with E-state index in [1.165, 1.54) is 0 Å². The van der Waals surface area contributed by atoms with Gasteiger partial charge < -0.3 is 9.64 Å². The molecule has 2 rings (SSSR count). The van der Waals surface area contributed by atoms with Crippen LogP contribution >= 0.6 is 15.9 Å². The molecule has 0 aliphatic carbocycles. The number of amides is 1. The molecule has 1 aliphatic heterocycles. The maximum atomic E-state index is 11.8. The normalized spacial score (nSPS) is 16.4. The number of hydrogen-bond acceptors (Lipinski definition) is 2. The summed E-state index contributed by atoms with van der Waals surface area (Å²) in [4.78, 5) is 13.6. The van der Waals surface area contributed by atoms with Gasteiger partial charge in [0.25, 0.3) is 0 Å². The second-order valence-electron chi connectivity index (χ2n) is 3.82. The zero-order chi connectivity index (χ0) is 12.1. The summed E-state index contributed by atoms with van der Waals surface area (Å²) in [5.74, 6) is 0.0521. The molecule has 1 amide bonds. The average molecular weight is 296 g/mol. The average Bonchev–Trinajstić information content (AvgIpc) is 2.39. The Kier molecular flexibility index (Phi) is 4.34. The van der Waals surface area contributed by atoms with Gasteiger partial charge in [0, 0.05) is 23.6 Å². The standard InChI is InChI=1S/C13H14BrNO2/c14-12-4-1-11(2-5-12)3-6-13(16)15-7-9-17-10-8-15/h1-6H,7-10H2/b6-3+. The third-order valence-corrected chi connectivity index (χ3v) is 3.14. The minimum absolute atomic E-state index is 0.0521. The van der Waals surface area contributed by atoms with E-state index in [9.17, 15) is 4.79 Å². The van der Waals surface area contributed by atoms with Gasteiger partial charge in [-0.15, -0.1) is 0 Å². The van der Waals surface area contributed by atoms with Gasteiger partial charge in [-0.2, -0.15) is 0 Å². The lowest BCUT2D eigenvalue weighted by Gasteiger charge is -2.25. The number of ether oxygens (including phenoxy) is 1. The maximum absolute atomic E-state index is 11.8. The molecule has 3 nitrogen and oxygen atoms in total. The zero-order valence-corrected chi connectivity index (χ0v) is 11.0. The van der Waals surface area contributed by atoms with E-state index >= 15 is 0 Å². The van der Waals surface area contributed by atoms with Crippen LogP contribution in [0.25, 0.3) is 6.08 Å². The molecule has 0 saturated carbocycles. The zero-order valence-electron chi connectivity index (χ0n) is 9.43. The van der Waals surface area contributed by atoms with Gasteiger partial charge in [0.2, 0.25) is 5.91 Å². The highest BCUT2D eigenvalue weighted by Gasteiger charge is 2.13. The Morgan fingerprint density at radius 1 is 1.24 bits per heavy atom. The summed E-state index contributed by atoms with van der Waals surface area (Å²) >= 11 is 3.37. The predicted molar refractivity (Wildman–Crippen MR) is 70.6 cm³/mol. The van der Waals surface area contributed by atoms with Crippen LogP contribution in [0, 0.1) is 0 Å². The number of carbonyl (C=O) groups excluding carboxylic acids is 1. The van der Waals surface area contributed by atoms with Crippen molar-refractivity contribution in [1.29, 1.82) is 0 Å². The number of halogens is 1. The molecule has 4 heteroatoms. The first-order chi connectivity index (χ1) is 8.25. The summed E-state index contributed by atoms with van der Waals surface area (Å²) in [5.41, 5.74) is 1.02. The van der Waals surface area contributed by atoms with Crippen molar-refractivity contribution in [2.24, 2.45) is 0 Å². The van der Waals surface area contributed by atoms with Crippen molar-refractivity contribution >= 4 is 27.9 Å². The smallest absolute Gasteiger partial charge is 0.246 e. The highest BCUT2D eigenvalue weighted by molar-refractivity contribution is 9.10. The largest absolute Gasteiger partial charge is 0.378 e. The van der Waals surface area contributed by atoms with E-state index in [1.807, 2.05) is 30.3 Å². The summed E-state index contributed by atoms with van der Waals surface area (Å²) in [6.45, 7) is 2.64. The van der Waals surface area contributed by atoms with Gasteiger partial charge in [-0.1, -0.05) is 28.1 Å². The molecule has 0 unspecified atom stereocenters. The number of nitrogens with zero attached hydrogens (tertiary/aromatic N) is 1. The Hall–Kier alpha value is -1.13. The molecule has 0 radical (unpaired) electrons. The van der Waals surface area contributed by atoms with E-state index in [0.29, 0.717) is 26.3 Å². The van der Waals surface area contributed by atoms with Gasteiger partial charge >= 0.3 is 0 Å². The lowest BCUT2D eigenvalue weighted by Crippen LogP contribution is -2.39. The van der Waals surface area contributed by atoms with Crippen LogP contribution in [0.5, 0.6) is 0 Å². The number of carbonyl (C=O) groups is 1. The third-order valence-electron chi connectivity index (χ3n) is 2.61. The maximum Gasteiger partial charge on any atom is 0.246 e. The van der Waals surface area contributed by atoms with Crippen molar-refractivity contribution in [1.82, 2.24) is 4.90 Å². The van der Waals surface area contributed by atoms with Crippen molar-refractivity contribution in [2.45, 2.75) is 0 Å². The second kappa shape index (κ2) is 5.98. The first kappa shape index (κ1) is 12.3. The first-order valence-corrected chi connectivity index (χ1v) is 6.35. The molecule has 1 heterocycles. The van der Waals surface area contributed by atoms with E-state index in [4.69, 9.17) is 4.74 Å². The van der Waals surface area contributed by atoms with E-state index in [2.05, 4.69) is 15.9 Å². The lowest BCUT2D eigenvalue weighted by molar-refractivity contribution is -0.129. The van der Waals surface area contributed by atoms with Crippen LogP contribution in [-0.4, -0.2) is 37.1 Å². The van der Waals surface area contributed by atoms with E-state index in [1.54, 1.807) is 11.0 Å². The molecule has 0 N–H and O–H groups in total. The number of rotatable bonds is 2. The monoisotopic (exact) mass is 295 g/mol. The van der Waals surface area contributed by atoms with E-state index in [-0.39, 0.29) is 5.91 Å². The minimum Gasteiger partial charge on any atom is -0.378 e. The Morgan fingerprint density at radius 3 is 2.53 bits per heavy atom. The third kappa shape index (κ3) is 3.68. The molecule has 0 spiro atoms. The van der Waals surface area contributed by atoms with Crippen molar-refractivity contribution in [3.05, 3.63) is 40.4 Å². The molecule has 0 atom stereocenters. The Bertz CT molecular complexity index is 408. The molecule has 1 fully saturated rings. The fourth-order valence-electron chi connectivity index (χ4n) is 1.63. The Balaban J connectivity index is 1.95. The van der Waals surface area contributed by atoms with Crippen LogP contribution in [0.3, 0.4) is 0 Å². The van der Waals surface area contributed by atoms with Gasteiger partial charge in [-0.05, 0) is 23.8 Å². The topological polar surface area (TPSA) is 29.5 Å². The number of benzene rings is 1. The van der Waals surface area contributed by atoms with E-state index in [0.717, 1.165) is 10.0 Å². The van der Waals surface area contributed by atoms with Crippen molar-refractivity contribution < 1.29 is 9.53 Å². The molecular formula is C13H14BrNO2. The summed E-state index contributed by atoms with van der Waals surface area (Å²) in [6, 6.07) is 7.85. The fourth-order valence-corrected chi connectivity index (χ4v) is 1.89. The molecule has 1 aromatic carbocycles. The molecule has 90 valence electrons. The summed E-state index contributed by atoms with van der Waals surface area (Å²) in [7, 11) is 0. The molecule has 17 heavy (non-hydrogen) atoms. The lowest BCUT2D eigenvalue weighted by atomic mass is 10.2. The summed E-state index contributed by atoms with van der Waals surface area (Å²) in [6.07, 6.45) is 3.46. The molecular weight excluding hydrogens is 282 g/mol. The van der Waals surface area contributed by atoms with Gasteiger partial charge in [0.05, 0.1) is 13.2 Å². The van der Waals surface area contributed by atoms with Gasteiger partial charge in [0.15, 0.2) is 0 Å². The van der Waals surface area contributed by atoms with Gasteiger partial charge in [0.1, 0.15) is 0 Å². The number of hydrogen-bond donors (Lipinski definition) is 0. The SMILES string of the molecule is O=C(/C=C/c1ccc(Br)cc1)N1CCOCC1. The fraction of sp³-hybridized carbons (Fsp3) is 0.308. The number of morpholine rings is 1. The Morgan fingerprint density at radius 2 is 1.88 bits per heavy atom. The van der Waals surface area contributed by atoms with Crippen LogP contribution in [-0.2, 0) is 9.53 Å². The van der Waals surface area contributed by atoms with Crippen LogP contribution in [0.2, 0.25) is 0 Å². The van der Waals surface area contributed by atoms with Crippen LogP contribution in [0.4, 0.5) is 0 Å². The second-order valence-corrected chi connectivity index (χ2v) is 4.74. The van der Waals surface area contributed by atoms with Crippen molar-refractivity contribution in [3.8, 4) is 0 Å². The quantitative estimate of drug-likeness (QED) is 0.784. The van der Waals surface area contributed by atoms with Crippen LogP contribution < -0.4 is 0 Å². The molecule has 0 bridgehead atoms. The molecule has 1 aliphatic rings. The highest BCUT2D eigenvalue weighted by atomic mass is 79.9. The van der Waals surface area contributed by atoms with Crippen molar-refractivity contribution in [2.75, 3.05) is 26.3 Å². The van der Waals surface area contributed by atoms with Crippen LogP contribution in [0.15, 0.2) is 34.8 Å². The minimum atomic E-state index is 0.0521. The van der Waals surface area contributed by atoms with Crippen LogP contribution in [0.1, 0.15) is 5.56 Å². The van der Waals surface area contributed by atoms with Gasteiger partial charge in [-0.25, -0.2) is 0 Å². The molecule has 1 aromatic rings. The van der Waals surface area contributed by atoms with Crippen molar-refractivity contribution in [3.63, 3.8) is 0 Å². The first-order valence-electron chi connectivity index (χ1n) is 5.56. The Labute approximate surface area is 109 Å². The van der Waals surface area contributed by atoms with Gasteiger partial charge in [-0.3, -0.25) is 4.79 Å². The summed E-state index contributed by atoms with van der Waals surface area (Å²) < 4.78 is 6.24. The van der Waals surface area contributed by atoms with E-state index < -0.39 is 0 Å². The predicted octanol–water partition coefficient (Wildman–Crippen LogP) is 2.32.